The van der Waals surface area contributed by atoms with Crippen molar-refractivity contribution in [2.24, 2.45) is 0 Å². The predicted octanol–water partition coefficient (Wildman–Crippen LogP) is 2.70. The number of ether oxygens (including phenoxy) is 1. The SMILES string of the molecule is CCCC(=O)N1CCC(NC(=O)OCc2ccccc2)CC1. The Morgan fingerprint density at radius 2 is 1.91 bits per heavy atom. The molecule has 0 spiro atoms. The summed E-state index contributed by atoms with van der Waals surface area (Å²) in [5.41, 5.74) is 0.970. The number of amides is 2. The highest BCUT2D eigenvalue weighted by Gasteiger charge is 2.23. The van der Waals surface area contributed by atoms with E-state index in [-0.39, 0.29) is 24.6 Å². The number of hydrogen-bond donors (Lipinski definition) is 1. The number of hydrogen-bond acceptors (Lipinski definition) is 3. The van der Waals surface area contributed by atoms with Gasteiger partial charge < -0.3 is 15.0 Å². The van der Waals surface area contributed by atoms with Crippen LogP contribution in [0, 0.1) is 0 Å². The van der Waals surface area contributed by atoms with E-state index in [0.29, 0.717) is 19.5 Å². The van der Waals surface area contributed by atoms with Gasteiger partial charge in [0.1, 0.15) is 6.61 Å². The van der Waals surface area contributed by atoms with Crippen LogP contribution in [0.15, 0.2) is 30.3 Å². The summed E-state index contributed by atoms with van der Waals surface area (Å²) in [6.07, 6.45) is 2.67. The first-order chi connectivity index (χ1) is 10.7. The normalized spacial score (nSPS) is 15.4. The Hall–Kier alpha value is -2.04. The molecule has 2 rings (SSSR count). The second-order valence-electron chi connectivity index (χ2n) is 5.61. The van der Waals surface area contributed by atoms with Crippen LogP contribution < -0.4 is 5.32 Å². The lowest BCUT2D eigenvalue weighted by Gasteiger charge is -2.32. The maximum atomic E-state index is 11.8. The van der Waals surface area contributed by atoms with Crippen molar-refractivity contribution >= 4 is 12.0 Å². The van der Waals surface area contributed by atoms with E-state index < -0.39 is 0 Å². The Kier molecular flexibility index (Phi) is 6.25. The summed E-state index contributed by atoms with van der Waals surface area (Å²) in [6, 6.07) is 9.70. The van der Waals surface area contributed by atoms with Gasteiger partial charge >= 0.3 is 6.09 Å². The number of nitrogens with one attached hydrogen (secondary N) is 1. The zero-order valence-electron chi connectivity index (χ0n) is 13.1. The van der Waals surface area contributed by atoms with Crippen molar-refractivity contribution in [2.75, 3.05) is 13.1 Å². The van der Waals surface area contributed by atoms with Crippen LogP contribution in [0.4, 0.5) is 4.79 Å². The zero-order valence-corrected chi connectivity index (χ0v) is 13.1. The van der Waals surface area contributed by atoms with E-state index in [4.69, 9.17) is 4.74 Å². The molecule has 0 aromatic heterocycles. The van der Waals surface area contributed by atoms with E-state index in [1.54, 1.807) is 0 Å². The van der Waals surface area contributed by atoms with Gasteiger partial charge in [0.2, 0.25) is 5.91 Å². The summed E-state index contributed by atoms with van der Waals surface area (Å²) in [5.74, 6) is 0.215. The largest absolute Gasteiger partial charge is 0.445 e. The van der Waals surface area contributed by atoms with E-state index in [1.165, 1.54) is 0 Å². The van der Waals surface area contributed by atoms with Crippen molar-refractivity contribution in [1.82, 2.24) is 10.2 Å². The molecule has 1 aliphatic heterocycles. The van der Waals surface area contributed by atoms with E-state index in [9.17, 15) is 9.59 Å². The third-order valence-corrected chi connectivity index (χ3v) is 3.85. The standard InChI is InChI=1S/C17H24N2O3/c1-2-6-16(20)19-11-9-15(10-12-19)18-17(21)22-13-14-7-4-3-5-8-14/h3-5,7-8,15H,2,6,9-13H2,1H3,(H,18,21). The summed E-state index contributed by atoms with van der Waals surface area (Å²) in [4.78, 5) is 25.5. The fourth-order valence-corrected chi connectivity index (χ4v) is 2.58. The van der Waals surface area contributed by atoms with Gasteiger partial charge in [-0.2, -0.15) is 0 Å². The van der Waals surface area contributed by atoms with Crippen molar-refractivity contribution in [3.05, 3.63) is 35.9 Å². The Balaban J connectivity index is 1.67. The smallest absolute Gasteiger partial charge is 0.407 e. The van der Waals surface area contributed by atoms with E-state index in [1.807, 2.05) is 42.2 Å². The Morgan fingerprint density at radius 1 is 1.23 bits per heavy atom. The molecular weight excluding hydrogens is 280 g/mol. The van der Waals surface area contributed by atoms with Crippen molar-refractivity contribution in [3.63, 3.8) is 0 Å². The molecule has 0 radical (unpaired) electrons. The molecule has 1 heterocycles. The average Bonchev–Trinajstić information content (AvgIpc) is 2.55. The number of alkyl carbamates (subject to hydrolysis) is 1. The Morgan fingerprint density at radius 3 is 2.55 bits per heavy atom. The van der Waals surface area contributed by atoms with Crippen molar-refractivity contribution in [3.8, 4) is 0 Å². The van der Waals surface area contributed by atoms with Gasteiger partial charge in [0, 0.05) is 25.6 Å². The summed E-state index contributed by atoms with van der Waals surface area (Å²) < 4.78 is 5.21. The highest BCUT2D eigenvalue weighted by molar-refractivity contribution is 5.76. The first kappa shape index (κ1) is 16.3. The van der Waals surface area contributed by atoms with Gasteiger partial charge in [0.25, 0.3) is 0 Å². The third kappa shape index (κ3) is 5.06. The summed E-state index contributed by atoms with van der Waals surface area (Å²) in [5, 5.41) is 2.88. The van der Waals surface area contributed by atoms with Crippen molar-refractivity contribution in [1.29, 1.82) is 0 Å². The first-order valence-corrected chi connectivity index (χ1v) is 7.94. The summed E-state index contributed by atoms with van der Waals surface area (Å²) in [6.45, 7) is 3.71. The monoisotopic (exact) mass is 304 g/mol. The molecule has 120 valence electrons. The molecule has 1 aliphatic rings. The Labute approximate surface area is 131 Å². The van der Waals surface area contributed by atoms with Crippen LogP contribution >= 0.6 is 0 Å². The molecule has 0 unspecified atom stereocenters. The minimum absolute atomic E-state index is 0.0916. The highest BCUT2D eigenvalue weighted by Crippen LogP contribution is 2.12. The molecule has 1 aromatic carbocycles. The van der Waals surface area contributed by atoms with Gasteiger partial charge in [0.15, 0.2) is 0 Å². The Bertz CT molecular complexity index is 482. The molecule has 0 bridgehead atoms. The van der Waals surface area contributed by atoms with Crippen LogP contribution in [0.5, 0.6) is 0 Å². The van der Waals surface area contributed by atoms with E-state index >= 15 is 0 Å². The van der Waals surface area contributed by atoms with Crippen LogP contribution in [0.3, 0.4) is 0 Å². The van der Waals surface area contributed by atoms with Crippen LogP contribution in [-0.2, 0) is 16.1 Å². The van der Waals surface area contributed by atoms with E-state index in [2.05, 4.69) is 5.32 Å². The molecule has 22 heavy (non-hydrogen) atoms. The van der Waals surface area contributed by atoms with Gasteiger partial charge in [-0.25, -0.2) is 4.79 Å². The summed E-state index contributed by atoms with van der Waals surface area (Å²) >= 11 is 0. The lowest BCUT2D eigenvalue weighted by Crippen LogP contribution is -2.46. The maximum absolute atomic E-state index is 11.8. The lowest BCUT2D eigenvalue weighted by molar-refractivity contribution is -0.132. The molecular formula is C17H24N2O3. The van der Waals surface area contributed by atoms with Gasteiger partial charge in [-0.05, 0) is 24.8 Å². The second-order valence-corrected chi connectivity index (χ2v) is 5.61. The third-order valence-electron chi connectivity index (χ3n) is 3.85. The van der Waals surface area contributed by atoms with Gasteiger partial charge in [0.05, 0.1) is 0 Å². The quantitative estimate of drug-likeness (QED) is 0.910. The number of benzene rings is 1. The average molecular weight is 304 g/mol. The van der Waals surface area contributed by atoms with Crippen molar-refractivity contribution < 1.29 is 14.3 Å². The maximum Gasteiger partial charge on any atom is 0.407 e. The fraction of sp³-hybridized carbons (Fsp3) is 0.529. The van der Waals surface area contributed by atoms with Crippen LogP contribution in [0.25, 0.3) is 0 Å². The van der Waals surface area contributed by atoms with Crippen LogP contribution in [0.2, 0.25) is 0 Å². The molecule has 2 amide bonds. The van der Waals surface area contributed by atoms with Gasteiger partial charge in [-0.15, -0.1) is 0 Å². The fourth-order valence-electron chi connectivity index (χ4n) is 2.58. The number of carbonyl (C=O) groups excluding carboxylic acids is 2. The minimum Gasteiger partial charge on any atom is -0.445 e. The molecule has 1 saturated heterocycles. The number of rotatable bonds is 5. The zero-order chi connectivity index (χ0) is 15.8. The molecule has 5 nitrogen and oxygen atoms in total. The molecule has 1 N–H and O–H groups in total. The number of nitrogens with zero attached hydrogens (tertiary/aromatic N) is 1. The highest BCUT2D eigenvalue weighted by atomic mass is 16.5. The lowest BCUT2D eigenvalue weighted by atomic mass is 10.0. The molecule has 5 heteroatoms. The second kappa shape index (κ2) is 8.41. The van der Waals surface area contributed by atoms with E-state index in [0.717, 1.165) is 24.8 Å². The first-order valence-electron chi connectivity index (χ1n) is 7.94. The molecule has 1 aromatic rings. The minimum atomic E-state index is -0.387. The molecule has 0 saturated carbocycles. The predicted molar refractivity (Wildman–Crippen MR) is 84.3 cm³/mol. The number of carbonyl (C=O) groups is 2. The molecule has 0 atom stereocenters. The molecule has 0 aliphatic carbocycles. The molecule has 1 fully saturated rings. The van der Waals surface area contributed by atoms with Crippen molar-refractivity contribution in [2.45, 2.75) is 45.3 Å². The van der Waals surface area contributed by atoms with Gasteiger partial charge in [-0.3, -0.25) is 4.79 Å². The van der Waals surface area contributed by atoms with Gasteiger partial charge in [-0.1, -0.05) is 37.3 Å². The topological polar surface area (TPSA) is 58.6 Å². The number of piperidine rings is 1. The van der Waals surface area contributed by atoms with Crippen LogP contribution in [0.1, 0.15) is 38.2 Å². The van der Waals surface area contributed by atoms with Crippen LogP contribution in [-0.4, -0.2) is 36.0 Å². The summed E-state index contributed by atoms with van der Waals surface area (Å²) in [7, 11) is 0. The number of likely N-dealkylation sites (tertiary alicyclic amines) is 1.